The highest BCUT2D eigenvalue weighted by Gasteiger charge is 2.68. The van der Waals surface area contributed by atoms with Crippen LogP contribution in [0, 0.1) is 0 Å². The van der Waals surface area contributed by atoms with Crippen LogP contribution < -0.4 is 5.32 Å². The van der Waals surface area contributed by atoms with Gasteiger partial charge < -0.3 is 13.9 Å². The topological polar surface area (TPSA) is 111 Å². The van der Waals surface area contributed by atoms with Gasteiger partial charge in [-0.2, -0.15) is 43.9 Å². The van der Waals surface area contributed by atoms with Gasteiger partial charge in [-0.25, -0.2) is 16.8 Å². The summed E-state index contributed by atoms with van der Waals surface area (Å²) in [4.78, 5) is 11.3. The molecule has 1 amide bonds. The number of alkyl halides is 10. The second-order valence-electron chi connectivity index (χ2n) is 8.23. The highest BCUT2D eigenvalue weighted by atomic mass is 32.3. The van der Waals surface area contributed by atoms with E-state index in [1.54, 1.807) is 6.92 Å². The fraction of sp³-hybridized carbons (Fsp3) is 0.833. The average molecular weight is 622 g/mol. The summed E-state index contributed by atoms with van der Waals surface area (Å²) in [6, 6.07) is 0. The molecular formula is C18H29F10N3O5S2. The van der Waals surface area contributed by atoms with Crippen LogP contribution in [0.4, 0.5) is 43.9 Å². The first-order chi connectivity index (χ1) is 16.7. The van der Waals surface area contributed by atoms with Crippen LogP contribution in [0.3, 0.4) is 0 Å². The Bertz CT molecular complexity index is 951. The molecule has 20 heteroatoms. The van der Waals surface area contributed by atoms with E-state index >= 15 is 0 Å². The second-order valence-corrected chi connectivity index (χ2v) is 11.8. The van der Waals surface area contributed by atoms with Crippen molar-refractivity contribution in [1.82, 2.24) is 5.32 Å². The van der Waals surface area contributed by atoms with Crippen molar-refractivity contribution in [1.29, 1.82) is 0 Å². The summed E-state index contributed by atoms with van der Waals surface area (Å²) < 4.78 is 162. The molecule has 0 heterocycles. The normalized spacial score (nSPS) is 13.9. The molecule has 0 aliphatic heterocycles. The number of nitrogens with one attached hydrogen (secondary N) is 1. The minimum Gasteiger partial charge on any atom is -0.425 e. The Hall–Kier alpha value is -1.67. The van der Waals surface area contributed by atoms with Crippen LogP contribution in [0.25, 0.3) is 4.13 Å². The largest absolute Gasteiger partial charge is 0.467 e. The number of sulfonamides is 2. The summed E-state index contributed by atoms with van der Waals surface area (Å²) in [7, 11) is -12.9. The molecule has 0 rings (SSSR count). The van der Waals surface area contributed by atoms with Gasteiger partial charge in [-0.3, -0.25) is 4.79 Å². The zero-order valence-electron chi connectivity index (χ0n) is 20.7. The quantitative estimate of drug-likeness (QED) is 0.139. The number of rotatable bonds is 13. The third-order valence-electron chi connectivity index (χ3n) is 4.58. The standard InChI is InChI=1S/C14H28N2O.C4F10NO4S2/c1-6-10-16(5,11-7-2)12-8-9-15-14(17)13(3)4;5-1(6,7)3(11,12)20(16,17)15-21(18,19)4(13,14)2(8,9)10/h3,6-12H2,1-2,4-5H3;/q;-1/p+1. The van der Waals surface area contributed by atoms with Crippen molar-refractivity contribution < 1.29 is 70.0 Å². The molecule has 0 saturated carbocycles. The van der Waals surface area contributed by atoms with Gasteiger partial charge in [0.05, 0.1) is 26.7 Å². The lowest BCUT2D eigenvalue weighted by Gasteiger charge is -2.34. The van der Waals surface area contributed by atoms with E-state index in [4.69, 9.17) is 0 Å². The van der Waals surface area contributed by atoms with Crippen molar-refractivity contribution in [2.24, 2.45) is 0 Å². The Morgan fingerprint density at radius 1 is 0.789 bits per heavy atom. The van der Waals surface area contributed by atoms with Gasteiger partial charge in [0.25, 0.3) is 0 Å². The first-order valence-corrected chi connectivity index (χ1v) is 13.4. The Kier molecular flexibility index (Phi) is 13.8. The lowest BCUT2D eigenvalue weighted by atomic mass is 10.2. The fourth-order valence-corrected chi connectivity index (χ4v) is 5.11. The Morgan fingerprint density at radius 2 is 1.13 bits per heavy atom. The van der Waals surface area contributed by atoms with Crippen molar-refractivity contribution in [2.45, 2.75) is 62.9 Å². The van der Waals surface area contributed by atoms with Crippen LogP contribution in [0.15, 0.2) is 12.2 Å². The van der Waals surface area contributed by atoms with Crippen molar-refractivity contribution in [2.75, 3.05) is 33.2 Å². The average Bonchev–Trinajstić information content (AvgIpc) is 2.69. The SMILES string of the molecule is C=C(C)C(=O)NCCC[N+](C)(CCC)CCC.O=S(=O)([N-]S(=O)(=O)C(F)(F)C(F)(F)F)C(F)(F)C(F)(F)F. The highest BCUT2D eigenvalue weighted by Crippen LogP contribution is 2.47. The van der Waals surface area contributed by atoms with E-state index in [2.05, 4.69) is 32.8 Å². The molecule has 0 atom stereocenters. The van der Waals surface area contributed by atoms with E-state index in [1.165, 1.54) is 25.9 Å². The fourth-order valence-electron chi connectivity index (χ4n) is 2.74. The molecule has 0 saturated heterocycles. The van der Waals surface area contributed by atoms with Gasteiger partial charge in [0.1, 0.15) is 0 Å². The van der Waals surface area contributed by atoms with Gasteiger partial charge in [0, 0.05) is 18.5 Å². The zero-order chi connectivity index (χ0) is 31.0. The molecule has 0 fully saturated rings. The third kappa shape index (κ3) is 10.5. The van der Waals surface area contributed by atoms with Gasteiger partial charge in [-0.1, -0.05) is 20.4 Å². The van der Waals surface area contributed by atoms with Crippen molar-refractivity contribution in [3.8, 4) is 0 Å². The van der Waals surface area contributed by atoms with Crippen LogP contribution in [0.1, 0.15) is 40.0 Å². The van der Waals surface area contributed by atoms with Gasteiger partial charge >= 0.3 is 22.9 Å². The lowest BCUT2D eigenvalue weighted by Crippen LogP contribution is -2.48. The van der Waals surface area contributed by atoms with Crippen molar-refractivity contribution in [3.05, 3.63) is 16.3 Å². The number of amides is 1. The van der Waals surface area contributed by atoms with Crippen molar-refractivity contribution >= 4 is 26.0 Å². The molecule has 0 aromatic carbocycles. The molecule has 0 radical (unpaired) electrons. The van der Waals surface area contributed by atoms with Crippen molar-refractivity contribution in [3.63, 3.8) is 0 Å². The third-order valence-corrected chi connectivity index (χ3v) is 7.91. The molecule has 0 aromatic heterocycles. The van der Waals surface area contributed by atoms with Crippen LogP contribution in [-0.2, 0) is 24.8 Å². The van der Waals surface area contributed by atoms with E-state index < -0.39 is 42.9 Å². The molecule has 1 N–H and O–H groups in total. The molecule has 0 bridgehead atoms. The van der Waals surface area contributed by atoms with E-state index in [0.717, 1.165) is 24.0 Å². The molecule has 0 aliphatic rings. The number of hydrogen-bond donors (Lipinski definition) is 1. The summed E-state index contributed by atoms with van der Waals surface area (Å²) in [5.74, 6) is -0.0230. The van der Waals surface area contributed by atoms with Gasteiger partial charge in [0.15, 0.2) is 20.0 Å². The summed E-state index contributed by atoms with van der Waals surface area (Å²) in [6.07, 6.45) is -10.5. The molecule has 0 aromatic rings. The number of halogens is 10. The molecule has 0 aliphatic carbocycles. The summed E-state index contributed by atoms with van der Waals surface area (Å²) in [6.45, 7) is 14.2. The maximum atomic E-state index is 12.3. The van der Waals surface area contributed by atoms with Gasteiger partial charge in [-0.05, 0) is 19.8 Å². The van der Waals surface area contributed by atoms with Crippen LogP contribution in [0.5, 0.6) is 0 Å². The molecule has 228 valence electrons. The van der Waals surface area contributed by atoms with Crippen LogP contribution >= 0.6 is 0 Å². The van der Waals surface area contributed by atoms with E-state index in [1.807, 2.05) is 0 Å². The highest BCUT2D eigenvalue weighted by molar-refractivity contribution is 8.13. The molecule has 0 unspecified atom stereocenters. The summed E-state index contributed by atoms with van der Waals surface area (Å²) >= 11 is 0. The van der Waals surface area contributed by atoms with E-state index in [0.29, 0.717) is 9.70 Å². The molecular weight excluding hydrogens is 592 g/mol. The predicted octanol–water partition coefficient (Wildman–Crippen LogP) is 4.67. The molecule has 38 heavy (non-hydrogen) atoms. The van der Waals surface area contributed by atoms with Gasteiger partial charge in [-0.15, -0.1) is 0 Å². The van der Waals surface area contributed by atoms with Crippen LogP contribution in [-0.4, -0.2) is 83.3 Å². The number of carbonyl (C=O) groups is 1. The summed E-state index contributed by atoms with van der Waals surface area (Å²) in [5.41, 5.74) is 0.587. The predicted molar refractivity (Wildman–Crippen MR) is 117 cm³/mol. The monoisotopic (exact) mass is 621 g/mol. The van der Waals surface area contributed by atoms with Crippen LogP contribution in [0.2, 0.25) is 0 Å². The molecule has 8 nitrogen and oxygen atoms in total. The number of nitrogens with zero attached hydrogens (tertiary/aromatic N) is 2. The number of quaternary nitrogens is 1. The Labute approximate surface area is 214 Å². The Balaban J connectivity index is 0. The number of hydrogen-bond acceptors (Lipinski definition) is 5. The Morgan fingerprint density at radius 3 is 1.39 bits per heavy atom. The first-order valence-electron chi connectivity index (χ1n) is 10.6. The zero-order valence-corrected chi connectivity index (χ0v) is 22.3. The van der Waals surface area contributed by atoms with Gasteiger partial charge in [0.2, 0.25) is 5.91 Å². The lowest BCUT2D eigenvalue weighted by molar-refractivity contribution is -0.909. The summed E-state index contributed by atoms with van der Waals surface area (Å²) in [5, 5.41) is -11.1. The maximum Gasteiger partial charge on any atom is 0.467 e. The minimum atomic E-state index is -7.62. The maximum absolute atomic E-state index is 12.3. The molecule has 0 spiro atoms. The number of carbonyl (C=O) groups excluding carboxylic acids is 1. The second kappa shape index (κ2) is 13.6. The van der Waals surface area contributed by atoms with E-state index in [-0.39, 0.29) is 5.91 Å². The minimum absolute atomic E-state index is 0.0230. The first kappa shape index (κ1) is 38.5. The smallest absolute Gasteiger partial charge is 0.425 e. The van der Waals surface area contributed by atoms with E-state index in [9.17, 15) is 65.5 Å².